The van der Waals surface area contributed by atoms with Crippen LogP contribution in [0.4, 0.5) is 0 Å². The summed E-state index contributed by atoms with van der Waals surface area (Å²) in [5, 5.41) is 12.9. The van der Waals surface area contributed by atoms with Crippen LogP contribution in [0.15, 0.2) is 88.0 Å². The van der Waals surface area contributed by atoms with Crippen molar-refractivity contribution in [3.63, 3.8) is 0 Å². The topological polar surface area (TPSA) is 143 Å². The molecular formula is C31H34ClN3O7S3. The number of sulfonamides is 2. The van der Waals surface area contributed by atoms with Crippen LogP contribution in [0.1, 0.15) is 59.2 Å². The number of rotatable bonds is 16. The first-order valence-corrected chi connectivity index (χ1v) is 18.3. The standard InChI is InChI=1S/C31H34ClN3O7S3/c1-22(2)28-21-43-30(34-28)20-42-25-9-7-8-23(18-25)19-35(45(40,41)29-11-4-3-10-27(29)31(36)37)17-6-5-16-33-44(38,39)26-14-12-24(32)13-15-26/h3-4,7-15,18,21-22,33H,5-6,16-17,19-20H2,1-2H3,(H,36,37). The van der Waals surface area contributed by atoms with Crippen molar-refractivity contribution in [2.24, 2.45) is 0 Å². The number of thiazole rings is 1. The van der Waals surface area contributed by atoms with Gasteiger partial charge in [0.05, 0.1) is 21.0 Å². The molecule has 0 atom stereocenters. The molecule has 4 rings (SSSR count). The second-order valence-electron chi connectivity index (χ2n) is 10.5. The monoisotopic (exact) mass is 691 g/mol. The second kappa shape index (κ2) is 15.3. The molecule has 3 aromatic carbocycles. The number of benzene rings is 3. The molecule has 14 heteroatoms. The highest BCUT2D eigenvalue weighted by molar-refractivity contribution is 7.89. The van der Waals surface area contributed by atoms with E-state index in [1.54, 1.807) is 24.3 Å². The van der Waals surface area contributed by atoms with Crippen molar-refractivity contribution in [2.75, 3.05) is 13.1 Å². The third kappa shape index (κ3) is 9.35. The van der Waals surface area contributed by atoms with E-state index < -0.39 is 26.0 Å². The van der Waals surface area contributed by atoms with Crippen molar-refractivity contribution in [1.82, 2.24) is 14.0 Å². The molecule has 0 aliphatic carbocycles. The SMILES string of the molecule is CC(C)c1csc(COc2cccc(CN(CCCCNS(=O)(=O)c3ccc(Cl)cc3)S(=O)(=O)c3ccccc3C(=O)O)c2)n1. The van der Waals surface area contributed by atoms with E-state index in [-0.39, 0.29) is 41.6 Å². The number of hydrogen-bond donors (Lipinski definition) is 2. The predicted molar refractivity (Wildman–Crippen MR) is 174 cm³/mol. The fourth-order valence-electron chi connectivity index (χ4n) is 4.35. The van der Waals surface area contributed by atoms with Gasteiger partial charge in [0.1, 0.15) is 17.4 Å². The molecule has 1 heterocycles. The molecule has 0 bridgehead atoms. The molecule has 45 heavy (non-hydrogen) atoms. The fraction of sp³-hybridized carbons (Fsp3) is 0.290. The zero-order valence-corrected chi connectivity index (χ0v) is 27.9. The van der Waals surface area contributed by atoms with Crippen LogP contribution in [0.3, 0.4) is 0 Å². The summed E-state index contributed by atoms with van der Waals surface area (Å²) in [5.41, 5.74) is 1.29. The Bertz CT molecular complexity index is 1830. The maximum absolute atomic E-state index is 13.9. The maximum atomic E-state index is 13.9. The molecule has 4 aromatic rings. The molecule has 10 nitrogen and oxygen atoms in total. The molecule has 2 N–H and O–H groups in total. The van der Waals surface area contributed by atoms with E-state index in [2.05, 4.69) is 23.6 Å². The minimum absolute atomic E-state index is 0.0150. The molecule has 0 saturated carbocycles. The zero-order valence-electron chi connectivity index (χ0n) is 24.7. The van der Waals surface area contributed by atoms with Crippen LogP contribution in [-0.4, -0.2) is 50.3 Å². The van der Waals surface area contributed by atoms with Gasteiger partial charge in [-0.3, -0.25) is 0 Å². The van der Waals surface area contributed by atoms with Gasteiger partial charge in [0.25, 0.3) is 0 Å². The fourth-order valence-corrected chi connectivity index (χ4v) is 8.06. The van der Waals surface area contributed by atoms with E-state index in [9.17, 15) is 26.7 Å². The summed E-state index contributed by atoms with van der Waals surface area (Å²) >= 11 is 7.36. The van der Waals surface area contributed by atoms with E-state index >= 15 is 0 Å². The number of unbranched alkanes of at least 4 members (excludes halogenated alkanes) is 1. The highest BCUT2D eigenvalue weighted by Gasteiger charge is 2.29. The van der Waals surface area contributed by atoms with Crippen molar-refractivity contribution in [2.45, 2.75) is 55.5 Å². The summed E-state index contributed by atoms with van der Waals surface area (Å²) < 4.78 is 62.6. The van der Waals surface area contributed by atoms with E-state index in [0.29, 0.717) is 35.1 Å². The van der Waals surface area contributed by atoms with Crippen LogP contribution < -0.4 is 9.46 Å². The number of ether oxygens (including phenoxy) is 1. The Balaban J connectivity index is 1.48. The molecule has 0 saturated heterocycles. The summed E-state index contributed by atoms with van der Waals surface area (Å²) in [6.45, 7) is 4.43. The van der Waals surface area contributed by atoms with Gasteiger partial charge in [0.2, 0.25) is 20.0 Å². The lowest BCUT2D eigenvalue weighted by Crippen LogP contribution is -2.33. The van der Waals surface area contributed by atoms with Crippen molar-refractivity contribution < 1.29 is 31.5 Å². The highest BCUT2D eigenvalue weighted by Crippen LogP contribution is 2.25. The Morgan fingerprint density at radius 2 is 1.76 bits per heavy atom. The number of nitrogens with zero attached hydrogens (tertiary/aromatic N) is 2. The van der Waals surface area contributed by atoms with Crippen molar-refractivity contribution in [1.29, 1.82) is 0 Å². The third-order valence-electron chi connectivity index (χ3n) is 6.77. The van der Waals surface area contributed by atoms with Crippen LogP contribution >= 0.6 is 22.9 Å². The molecule has 0 aliphatic rings. The van der Waals surface area contributed by atoms with Gasteiger partial charge < -0.3 is 9.84 Å². The average molecular weight is 692 g/mol. The lowest BCUT2D eigenvalue weighted by atomic mass is 10.2. The predicted octanol–water partition coefficient (Wildman–Crippen LogP) is 6.15. The van der Waals surface area contributed by atoms with Gasteiger partial charge in [-0.1, -0.05) is 49.7 Å². The first-order valence-electron chi connectivity index (χ1n) is 14.1. The molecular weight excluding hydrogens is 658 g/mol. The quantitative estimate of drug-likeness (QED) is 0.133. The first kappa shape index (κ1) is 34.5. The Labute approximate surface area is 272 Å². The largest absolute Gasteiger partial charge is 0.486 e. The van der Waals surface area contributed by atoms with E-state index in [0.717, 1.165) is 10.7 Å². The number of carboxylic acids is 1. The third-order valence-corrected chi connectivity index (χ3v) is 11.2. The van der Waals surface area contributed by atoms with Gasteiger partial charge in [-0.2, -0.15) is 4.31 Å². The number of aromatic nitrogens is 1. The zero-order chi connectivity index (χ0) is 32.6. The van der Waals surface area contributed by atoms with Crippen LogP contribution in [0.25, 0.3) is 0 Å². The number of hydrogen-bond acceptors (Lipinski definition) is 8. The molecule has 0 fully saturated rings. The normalized spacial score (nSPS) is 12.1. The summed E-state index contributed by atoms with van der Waals surface area (Å²) in [4.78, 5) is 16.2. The van der Waals surface area contributed by atoms with Crippen LogP contribution in [0.5, 0.6) is 5.75 Å². The number of carboxylic acid groups (broad SMARTS) is 1. The maximum Gasteiger partial charge on any atom is 0.337 e. The van der Waals surface area contributed by atoms with E-state index in [1.807, 2.05) is 5.38 Å². The molecule has 0 unspecified atom stereocenters. The Morgan fingerprint density at radius 1 is 1.02 bits per heavy atom. The summed E-state index contributed by atoms with van der Waals surface area (Å²) in [7, 11) is -8.03. The summed E-state index contributed by atoms with van der Waals surface area (Å²) in [6.07, 6.45) is 0.630. The summed E-state index contributed by atoms with van der Waals surface area (Å²) in [5.74, 6) is -0.515. The molecule has 0 radical (unpaired) electrons. The minimum atomic E-state index is -4.26. The number of nitrogens with one attached hydrogen (secondary N) is 1. The van der Waals surface area contributed by atoms with Gasteiger partial charge in [-0.15, -0.1) is 11.3 Å². The number of halogens is 1. The Morgan fingerprint density at radius 3 is 2.44 bits per heavy atom. The van der Waals surface area contributed by atoms with Crippen LogP contribution in [0, 0.1) is 0 Å². The van der Waals surface area contributed by atoms with Crippen molar-refractivity contribution >= 4 is 49.0 Å². The average Bonchev–Trinajstić information content (AvgIpc) is 3.49. The van der Waals surface area contributed by atoms with Crippen molar-refractivity contribution in [3.8, 4) is 5.75 Å². The number of aromatic carboxylic acids is 1. The second-order valence-corrected chi connectivity index (χ2v) is 15.5. The van der Waals surface area contributed by atoms with Gasteiger partial charge in [-0.25, -0.2) is 31.3 Å². The van der Waals surface area contributed by atoms with Gasteiger partial charge in [0.15, 0.2) is 0 Å². The van der Waals surface area contributed by atoms with Crippen molar-refractivity contribution in [3.05, 3.63) is 105 Å². The van der Waals surface area contributed by atoms with E-state index in [1.165, 1.54) is 64.2 Å². The van der Waals surface area contributed by atoms with E-state index in [4.69, 9.17) is 16.3 Å². The molecule has 0 amide bonds. The lowest BCUT2D eigenvalue weighted by Gasteiger charge is -2.23. The molecule has 240 valence electrons. The lowest BCUT2D eigenvalue weighted by molar-refractivity contribution is 0.0692. The van der Waals surface area contributed by atoms with Gasteiger partial charge in [0, 0.05) is 30.0 Å². The minimum Gasteiger partial charge on any atom is -0.486 e. The molecule has 0 aliphatic heterocycles. The van der Waals surface area contributed by atoms with Gasteiger partial charge >= 0.3 is 5.97 Å². The smallest absolute Gasteiger partial charge is 0.337 e. The van der Waals surface area contributed by atoms with Crippen LogP contribution in [0.2, 0.25) is 5.02 Å². The molecule has 0 spiro atoms. The molecule has 1 aromatic heterocycles. The van der Waals surface area contributed by atoms with Crippen LogP contribution in [-0.2, 0) is 33.2 Å². The number of carbonyl (C=O) groups is 1. The highest BCUT2D eigenvalue weighted by atomic mass is 35.5. The Kier molecular flexibility index (Phi) is 11.7. The summed E-state index contributed by atoms with van der Waals surface area (Å²) in [6, 6.07) is 18.2. The Hall–Kier alpha value is -3.33. The first-order chi connectivity index (χ1) is 21.4. The van der Waals surface area contributed by atoms with Gasteiger partial charge in [-0.05, 0) is 72.9 Å².